The minimum absolute atomic E-state index is 0.105. The van der Waals surface area contributed by atoms with E-state index in [1.54, 1.807) is 0 Å². The average Bonchev–Trinajstić information content (AvgIpc) is 2.26. The molecule has 1 rings (SSSR count). The van der Waals surface area contributed by atoms with Crippen molar-refractivity contribution in [3.63, 3.8) is 0 Å². The molecule has 1 heterocycles. The first-order valence-corrected chi connectivity index (χ1v) is 5.52. The molecule has 13 heavy (non-hydrogen) atoms. The number of nitrogens with zero attached hydrogens (tertiary/aromatic N) is 2. The fraction of sp³-hybridized carbons (Fsp3) is 0.900. The molecule has 0 saturated carbocycles. The van der Waals surface area contributed by atoms with Crippen LogP contribution in [0.3, 0.4) is 0 Å². The van der Waals surface area contributed by atoms with Gasteiger partial charge in [0.2, 0.25) is 0 Å². The molecule has 1 aliphatic heterocycles. The van der Waals surface area contributed by atoms with E-state index in [9.17, 15) is 0 Å². The van der Waals surface area contributed by atoms with Gasteiger partial charge in [0.1, 0.15) is 0 Å². The molecule has 74 valence electrons. The standard InChI is InChI=1S/C10H18N2S/c1-8(2)12-6-4-3-5-9(7-11)10(12)13/h8-10,13H,3-6H2,1-2H3. The van der Waals surface area contributed by atoms with Crippen LogP contribution in [0.15, 0.2) is 0 Å². The van der Waals surface area contributed by atoms with Gasteiger partial charge in [-0.05, 0) is 33.2 Å². The number of hydrogen-bond acceptors (Lipinski definition) is 3. The molecule has 0 aromatic carbocycles. The van der Waals surface area contributed by atoms with Crippen molar-refractivity contribution < 1.29 is 0 Å². The van der Waals surface area contributed by atoms with E-state index in [4.69, 9.17) is 5.26 Å². The fourth-order valence-corrected chi connectivity index (χ4v) is 2.46. The number of nitriles is 1. The van der Waals surface area contributed by atoms with E-state index in [1.807, 2.05) is 0 Å². The van der Waals surface area contributed by atoms with E-state index >= 15 is 0 Å². The Morgan fingerprint density at radius 1 is 1.46 bits per heavy atom. The molecule has 0 aromatic rings. The highest BCUT2D eigenvalue weighted by atomic mass is 32.1. The van der Waals surface area contributed by atoms with Crippen LogP contribution < -0.4 is 0 Å². The van der Waals surface area contributed by atoms with E-state index < -0.39 is 0 Å². The largest absolute Gasteiger partial charge is 0.288 e. The molecule has 3 heteroatoms. The summed E-state index contributed by atoms with van der Waals surface area (Å²) in [6, 6.07) is 2.86. The number of rotatable bonds is 1. The van der Waals surface area contributed by atoms with Gasteiger partial charge in [0.15, 0.2) is 0 Å². The van der Waals surface area contributed by atoms with Gasteiger partial charge < -0.3 is 0 Å². The van der Waals surface area contributed by atoms with Crippen LogP contribution in [-0.4, -0.2) is 22.9 Å². The summed E-state index contributed by atoms with van der Waals surface area (Å²) in [5.74, 6) is 0.105. The van der Waals surface area contributed by atoms with Gasteiger partial charge in [0, 0.05) is 6.04 Å². The molecule has 1 fully saturated rings. The van der Waals surface area contributed by atoms with Crippen LogP contribution in [0, 0.1) is 17.2 Å². The first-order chi connectivity index (χ1) is 6.16. The fourth-order valence-electron chi connectivity index (χ4n) is 1.87. The van der Waals surface area contributed by atoms with E-state index in [0.29, 0.717) is 6.04 Å². The molecule has 0 aliphatic carbocycles. The molecule has 0 amide bonds. The summed E-state index contributed by atoms with van der Waals surface area (Å²) in [5.41, 5.74) is 0. The Bertz CT molecular complexity index is 198. The van der Waals surface area contributed by atoms with Gasteiger partial charge in [0.25, 0.3) is 0 Å². The third kappa shape index (κ3) is 2.62. The molecule has 2 nitrogen and oxygen atoms in total. The lowest BCUT2D eigenvalue weighted by atomic mass is 10.1. The van der Waals surface area contributed by atoms with Crippen molar-refractivity contribution in [2.75, 3.05) is 6.54 Å². The van der Waals surface area contributed by atoms with Crippen LogP contribution in [-0.2, 0) is 0 Å². The quantitative estimate of drug-likeness (QED) is 0.654. The maximum Gasteiger partial charge on any atom is 0.0709 e. The van der Waals surface area contributed by atoms with Gasteiger partial charge in [-0.15, -0.1) is 0 Å². The lowest BCUT2D eigenvalue weighted by molar-refractivity contribution is 0.196. The van der Waals surface area contributed by atoms with E-state index in [1.165, 1.54) is 12.8 Å². The Morgan fingerprint density at radius 3 is 2.69 bits per heavy atom. The number of likely N-dealkylation sites (tertiary alicyclic amines) is 1. The minimum atomic E-state index is 0.105. The summed E-state index contributed by atoms with van der Waals surface area (Å²) in [6.45, 7) is 5.43. The third-order valence-electron chi connectivity index (χ3n) is 2.71. The van der Waals surface area contributed by atoms with Gasteiger partial charge in [-0.2, -0.15) is 17.9 Å². The van der Waals surface area contributed by atoms with Crippen molar-refractivity contribution in [3.05, 3.63) is 0 Å². The third-order valence-corrected chi connectivity index (χ3v) is 3.37. The SMILES string of the molecule is CC(C)N1CCCCC(C#N)C1S. The zero-order chi connectivity index (χ0) is 9.84. The van der Waals surface area contributed by atoms with Crippen molar-refractivity contribution in [1.82, 2.24) is 4.90 Å². The lowest BCUT2D eigenvalue weighted by Crippen LogP contribution is -2.40. The molecule has 0 bridgehead atoms. The van der Waals surface area contributed by atoms with Crippen LogP contribution in [0.2, 0.25) is 0 Å². The normalized spacial score (nSPS) is 31.3. The smallest absolute Gasteiger partial charge is 0.0709 e. The highest BCUT2D eigenvalue weighted by Crippen LogP contribution is 2.26. The first-order valence-electron chi connectivity index (χ1n) is 5.00. The molecule has 0 N–H and O–H groups in total. The lowest BCUT2D eigenvalue weighted by Gasteiger charge is -2.31. The second kappa shape index (κ2) is 4.88. The van der Waals surface area contributed by atoms with Crippen molar-refractivity contribution in [2.45, 2.75) is 44.5 Å². The zero-order valence-electron chi connectivity index (χ0n) is 8.40. The van der Waals surface area contributed by atoms with Crippen molar-refractivity contribution in [2.24, 2.45) is 5.92 Å². The summed E-state index contributed by atoms with van der Waals surface area (Å²) in [4.78, 5) is 2.32. The van der Waals surface area contributed by atoms with Crippen LogP contribution >= 0.6 is 12.6 Å². The second-order valence-electron chi connectivity index (χ2n) is 3.98. The predicted octanol–water partition coefficient (Wildman–Crippen LogP) is 2.28. The Hall–Kier alpha value is -0.200. The summed E-state index contributed by atoms with van der Waals surface area (Å²) < 4.78 is 0. The predicted molar refractivity (Wildman–Crippen MR) is 57.6 cm³/mol. The molecule has 2 atom stereocenters. The summed E-state index contributed by atoms with van der Waals surface area (Å²) >= 11 is 4.54. The number of hydrogen-bond donors (Lipinski definition) is 1. The van der Waals surface area contributed by atoms with E-state index in [2.05, 4.69) is 37.4 Å². The van der Waals surface area contributed by atoms with Gasteiger partial charge in [-0.3, -0.25) is 4.90 Å². The Balaban J connectivity index is 2.68. The van der Waals surface area contributed by atoms with Gasteiger partial charge in [-0.1, -0.05) is 6.42 Å². The maximum atomic E-state index is 8.96. The van der Waals surface area contributed by atoms with Crippen molar-refractivity contribution in [3.8, 4) is 6.07 Å². The van der Waals surface area contributed by atoms with Crippen molar-refractivity contribution >= 4 is 12.6 Å². The zero-order valence-corrected chi connectivity index (χ0v) is 9.30. The molecular formula is C10H18N2S. The van der Waals surface area contributed by atoms with E-state index in [-0.39, 0.29) is 11.3 Å². The van der Waals surface area contributed by atoms with Gasteiger partial charge in [-0.25, -0.2) is 0 Å². The van der Waals surface area contributed by atoms with Crippen LogP contribution in [0.1, 0.15) is 33.1 Å². The first kappa shape index (κ1) is 10.9. The highest BCUT2D eigenvalue weighted by Gasteiger charge is 2.28. The Kier molecular flexibility index (Phi) is 4.08. The molecule has 2 unspecified atom stereocenters. The minimum Gasteiger partial charge on any atom is -0.288 e. The molecule has 1 aliphatic rings. The van der Waals surface area contributed by atoms with E-state index in [0.717, 1.165) is 13.0 Å². The molecule has 1 saturated heterocycles. The summed E-state index contributed by atoms with van der Waals surface area (Å²) in [7, 11) is 0. The second-order valence-corrected chi connectivity index (χ2v) is 4.51. The molecule has 0 aromatic heterocycles. The van der Waals surface area contributed by atoms with Gasteiger partial charge in [0.05, 0.1) is 17.4 Å². The van der Waals surface area contributed by atoms with Crippen molar-refractivity contribution in [1.29, 1.82) is 5.26 Å². The summed E-state index contributed by atoms with van der Waals surface area (Å²) in [5, 5.41) is 9.09. The van der Waals surface area contributed by atoms with Crippen LogP contribution in [0.5, 0.6) is 0 Å². The summed E-state index contributed by atoms with van der Waals surface area (Å²) in [6.07, 6.45) is 3.37. The average molecular weight is 198 g/mol. The number of thiol groups is 1. The molecular weight excluding hydrogens is 180 g/mol. The van der Waals surface area contributed by atoms with Gasteiger partial charge >= 0.3 is 0 Å². The maximum absolute atomic E-state index is 8.96. The Morgan fingerprint density at radius 2 is 2.15 bits per heavy atom. The molecule has 0 radical (unpaired) electrons. The highest BCUT2D eigenvalue weighted by molar-refractivity contribution is 7.80. The molecule has 0 spiro atoms. The monoisotopic (exact) mass is 198 g/mol. The van der Waals surface area contributed by atoms with Crippen LogP contribution in [0.4, 0.5) is 0 Å². The Labute approximate surface area is 86.3 Å². The topological polar surface area (TPSA) is 27.0 Å². The van der Waals surface area contributed by atoms with Crippen LogP contribution in [0.25, 0.3) is 0 Å².